The highest BCUT2D eigenvalue weighted by Gasteiger charge is 2.67. The molecule has 156 valence electrons. The highest BCUT2D eigenvalue weighted by molar-refractivity contribution is 5.86. The number of carbonyl (C=O) groups excluding carboxylic acids is 2. The molecule has 0 aromatic heterocycles. The second-order valence-corrected chi connectivity index (χ2v) is 10.6. The molecule has 28 heavy (non-hydrogen) atoms. The molecule has 0 aromatic rings. The first-order valence-corrected chi connectivity index (χ1v) is 11.1. The van der Waals surface area contributed by atoms with Gasteiger partial charge in [-0.25, -0.2) is 0 Å². The number of rotatable bonds is 2. The number of allylic oxidation sites excluding steroid dienone is 1. The Morgan fingerprint density at radius 1 is 1.14 bits per heavy atom. The largest absolute Gasteiger partial charge is 0.462 e. The number of carbonyl (C=O) groups is 2. The van der Waals surface area contributed by atoms with Gasteiger partial charge >= 0.3 is 5.97 Å². The smallest absolute Gasteiger partial charge is 0.302 e. The molecule has 0 spiro atoms. The summed E-state index contributed by atoms with van der Waals surface area (Å²) in [6.45, 7) is 9.73. The molecule has 4 aliphatic rings. The van der Waals surface area contributed by atoms with Crippen molar-refractivity contribution >= 4 is 11.8 Å². The molecule has 0 aromatic carbocycles. The van der Waals surface area contributed by atoms with Crippen LogP contribution >= 0.6 is 0 Å². The van der Waals surface area contributed by atoms with Gasteiger partial charge in [0.15, 0.2) is 5.78 Å². The van der Waals surface area contributed by atoms with Gasteiger partial charge < -0.3 is 9.84 Å². The summed E-state index contributed by atoms with van der Waals surface area (Å²) in [4.78, 5) is 23.9. The molecule has 4 heteroatoms. The van der Waals surface area contributed by atoms with Gasteiger partial charge in [0.1, 0.15) is 11.7 Å². The summed E-state index contributed by atoms with van der Waals surface area (Å²) < 4.78 is 5.52. The summed E-state index contributed by atoms with van der Waals surface area (Å²) >= 11 is 0. The highest BCUT2D eigenvalue weighted by atomic mass is 16.5. The number of esters is 1. The van der Waals surface area contributed by atoms with Crippen LogP contribution in [0.4, 0.5) is 0 Å². The van der Waals surface area contributed by atoms with Crippen molar-refractivity contribution in [2.24, 2.45) is 34.5 Å². The van der Waals surface area contributed by atoms with Gasteiger partial charge in [0.05, 0.1) is 0 Å². The van der Waals surface area contributed by atoms with Crippen LogP contribution in [-0.2, 0) is 14.3 Å². The van der Waals surface area contributed by atoms with E-state index in [4.69, 9.17) is 4.74 Å². The van der Waals surface area contributed by atoms with Crippen LogP contribution in [0, 0.1) is 34.5 Å². The second kappa shape index (κ2) is 6.42. The van der Waals surface area contributed by atoms with Crippen LogP contribution in [0.2, 0.25) is 0 Å². The minimum Gasteiger partial charge on any atom is -0.462 e. The molecule has 3 fully saturated rings. The molecule has 0 radical (unpaired) electrons. The van der Waals surface area contributed by atoms with Crippen LogP contribution in [0.1, 0.15) is 79.6 Å². The van der Waals surface area contributed by atoms with E-state index < -0.39 is 5.60 Å². The Bertz CT molecular complexity index is 726. The van der Waals surface area contributed by atoms with E-state index in [1.165, 1.54) is 12.5 Å². The summed E-state index contributed by atoms with van der Waals surface area (Å²) in [7, 11) is 0. The molecule has 0 unspecified atom stereocenters. The van der Waals surface area contributed by atoms with Crippen molar-refractivity contribution in [3.8, 4) is 0 Å². The number of Topliss-reactive ketones (excluding diaryl/α,β-unsaturated/α-hetero) is 1. The lowest BCUT2D eigenvalue weighted by Crippen LogP contribution is -2.58. The first kappa shape index (κ1) is 20.1. The first-order chi connectivity index (χ1) is 13.0. The van der Waals surface area contributed by atoms with Gasteiger partial charge in [0.25, 0.3) is 0 Å². The Morgan fingerprint density at radius 3 is 2.50 bits per heavy atom. The van der Waals surface area contributed by atoms with Crippen molar-refractivity contribution in [3.63, 3.8) is 0 Å². The average Bonchev–Trinajstić information content (AvgIpc) is 2.83. The van der Waals surface area contributed by atoms with E-state index in [1.807, 2.05) is 0 Å². The third-order valence-corrected chi connectivity index (χ3v) is 9.51. The van der Waals surface area contributed by atoms with Gasteiger partial charge in [-0.3, -0.25) is 9.59 Å². The molecule has 0 saturated heterocycles. The van der Waals surface area contributed by atoms with E-state index in [9.17, 15) is 14.7 Å². The summed E-state index contributed by atoms with van der Waals surface area (Å²) in [6.07, 6.45) is 9.29. The van der Waals surface area contributed by atoms with E-state index in [1.54, 1.807) is 6.92 Å². The number of ketones is 1. The molecule has 0 aliphatic heterocycles. The molecular formula is C24H36O4. The van der Waals surface area contributed by atoms with E-state index in [0.717, 1.165) is 44.9 Å². The summed E-state index contributed by atoms with van der Waals surface area (Å²) in [6, 6.07) is 0. The molecule has 0 amide bonds. The van der Waals surface area contributed by atoms with E-state index in [2.05, 4.69) is 26.8 Å². The molecule has 0 bridgehead atoms. The van der Waals surface area contributed by atoms with Crippen LogP contribution in [0.15, 0.2) is 11.6 Å². The number of fused-ring (bicyclic) bond motifs is 5. The van der Waals surface area contributed by atoms with Crippen molar-refractivity contribution in [2.75, 3.05) is 0 Å². The lowest BCUT2D eigenvalue weighted by molar-refractivity contribution is -0.165. The van der Waals surface area contributed by atoms with Gasteiger partial charge in [0, 0.05) is 18.8 Å². The van der Waals surface area contributed by atoms with Gasteiger partial charge in [0.2, 0.25) is 0 Å². The lowest BCUT2D eigenvalue weighted by Gasteiger charge is -2.58. The van der Waals surface area contributed by atoms with Crippen molar-refractivity contribution in [1.82, 2.24) is 0 Å². The molecule has 1 N–H and O–H groups in total. The maximum absolute atomic E-state index is 12.5. The number of ether oxygens (including phenoxy) is 1. The van der Waals surface area contributed by atoms with Gasteiger partial charge in [-0.05, 0) is 74.5 Å². The quantitative estimate of drug-likeness (QED) is 0.561. The molecule has 4 nitrogen and oxygen atoms in total. The number of hydrogen-bond donors (Lipinski definition) is 1. The zero-order valence-corrected chi connectivity index (χ0v) is 18.1. The summed E-state index contributed by atoms with van der Waals surface area (Å²) in [5.41, 5.74) is 0.153. The predicted octanol–water partition coefficient (Wildman–Crippen LogP) is 4.45. The maximum Gasteiger partial charge on any atom is 0.302 e. The minimum absolute atomic E-state index is 0.0246. The molecule has 8 atom stereocenters. The zero-order valence-electron chi connectivity index (χ0n) is 18.1. The minimum atomic E-state index is -1.18. The molecule has 4 rings (SSSR count). The zero-order chi connectivity index (χ0) is 20.5. The third-order valence-electron chi connectivity index (χ3n) is 9.51. The number of hydrogen-bond acceptors (Lipinski definition) is 4. The van der Waals surface area contributed by atoms with Crippen LogP contribution < -0.4 is 0 Å². The van der Waals surface area contributed by atoms with Gasteiger partial charge in [-0.1, -0.05) is 32.4 Å². The molecule has 3 saturated carbocycles. The summed E-state index contributed by atoms with van der Waals surface area (Å²) in [5, 5.41) is 11.5. The fourth-order valence-electron chi connectivity index (χ4n) is 8.05. The van der Waals surface area contributed by atoms with Crippen LogP contribution in [0.3, 0.4) is 0 Å². The highest BCUT2D eigenvalue weighted by Crippen LogP contribution is 2.68. The van der Waals surface area contributed by atoms with Crippen molar-refractivity contribution in [2.45, 2.75) is 91.3 Å². The lowest BCUT2D eigenvalue weighted by atomic mass is 9.46. The predicted molar refractivity (Wildman–Crippen MR) is 107 cm³/mol. The SMILES string of the molecule is CC(=O)O[C@H]1CC[C@@]2(C)C(=CC[C@@H]3[C@@H]2CC[C@@]2(C)[C@H]3C[C@@H](C)[C@]2(O)C(C)=O)C1. The fraction of sp³-hybridized carbons (Fsp3) is 0.833. The van der Waals surface area contributed by atoms with E-state index in [-0.39, 0.29) is 34.6 Å². The second-order valence-electron chi connectivity index (χ2n) is 10.6. The Labute approximate surface area is 169 Å². The molecular weight excluding hydrogens is 352 g/mol. The average molecular weight is 389 g/mol. The van der Waals surface area contributed by atoms with Crippen molar-refractivity contribution in [1.29, 1.82) is 0 Å². The Balaban J connectivity index is 1.64. The number of aliphatic hydroxyl groups is 1. The van der Waals surface area contributed by atoms with Crippen LogP contribution in [0.5, 0.6) is 0 Å². The van der Waals surface area contributed by atoms with Crippen molar-refractivity contribution in [3.05, 3.63) is 11.6 Å². The fourth-order valence-corrected chi connectivity index (χ4v) is 8.05. The molecule has 0 heterocycles. The van der Waals surface area contributed by atoms with Gasteiger partial charge in [-0.15, -0.1) is 0 Å². The topological polar surface area (TPSA) is 63.6 Å². The molecule has 4 aliphatic carbocycles. The van der Waals surface area contributed by atoms with E-state index in [0.29, 0.717) is 17.8 Å². The van der Waals surface area contributed by atoms with E-state index >= 15 is 0 Å². The Hall–Kier alpha value is -1.16. The maximum atomic E-state index is 12.5. The summed E-state index contributed by atoms with van der Waals surface area (Å²) in [5.74, 6) is 1.33. The van der Waals surface area contributed by atoms with Crippen molar-refractivity contribution < 1.29 is 19.4 Å². The standard InChI is InChI=1S/C24H36O4/c1-14-12-21-19-7-6-17-13-18(28-16(3)26)8-10-22(17,4)20(19)9-11-23(21,5)24(14,27)15(2)25/h6,14,18-21,27H,7-13H2,1-5H3/t14-,18+,19-,20+,21+,22+,23+,24+/m1/s1. The van der Waals surface area contributed by atoms with Crippen LogP contribution in [0.25, 0.3) is 0 Å². The first-order valence-electron chi connectivity index (χ1n) is 11.1. The van der Waals surface area contributed by atoms with Gasteiger partial charge in [-0.2, -0.15) is 0 Å². The monoisotopic (exact) mass is 388 g/mol. The third kappa shape index (κ3) is 2.52. The van der Waals surface area contributed by atoms with Crippen LogP contribution in [-0.4, -0.2) is 28.6 Å². The Kier molecular flexibility index (Phi) is 4.61. The normalized spacial score (nSPS) is 50.1. The Morgan fingerprint density at radius 2 is 1.86 bits per heavy atom.